The standard InChI is InChI=1S/C26H37N3O3/c1-4-31-25-16-23(7-8-24(25)32-19-22-9-12-27-13-10-22)26(30)28-11-5-6-14-29-17-20(2)15-21(3)18-29/h7-10,12-13,16,20-21H,4-6,11,14-15,17-19H2,1-3H3,(H,28,30). The van der Waals surface area contributed by atoms with Crippen molar-refractivity contribution in [2.45, 2.75) is 46.6 Å². The van der Waals surface area contributed by atoms with Crippen molar-refractivity contribution in [3.8, 4) is 11.5 Å². The number of benzene rings is 1. The summed E-state index contributed by atoms with van der Waals surface area (Å²) in [6, 6.07) is 9.18. The second-order valence-electron chi connectivity index (χ2n) is 8.91. The first-order valence-corrected chi connectivity index (χ1v) is 11.8. The summed E-state index contributed by atoms with van der Waals surface area (Å²) in [6.45, 7) is 11.7. The Kier molecular flexibility index (Phi) is 9.35. The number of carbonyl (C=O) groups excluding carboxylic acids is 1. The zero-order valence-electron chi connectivity index (χ0n) is 19.7. The van der Waals surface area contributed by atoms with Crippen LogP contribution in [0.2, 0.25) is 0 Å². The quantitative estimate of drug-likeness (QED) is 0.521. The van der Waals surface area contributed by atoms with Crippen LogP contribution in [0.15, 0.2) is 42.7 Å². The van der Waals surface area contributed by atoms with Gasteiger partial charge in [0.2, 0.25) is 0 Å². The number of hydrogen-bond acceptors (Lipinski definition) is 5. The zero-order chi connectivity index (χ0) is 22.8. The van der Waals surface area contributed by atoms with Crippen LogP contribution < -0.4 is 14.8 Å². The maximum atomic E-state index is 12.6. The van der Waals surface area contributed by atoms with Crippen LogP contribution in [0, 0.1) is 11.8 Å². The largest absolute Gasteiger partial charge is 0.490 e. The number of aromatic nitrogens is 1. The van der Waals surface area contributed by atoms with E-state index in [4.69, 9.17) is 9.47 Å². The highest BCUT2D eigenvalue weighted by Gasteiger charge is 2.21. The highest BCUT2D eigenvalue weighted by Crippen LogP contribution is 2.29. The molecule has 6 nitrogen and oxygen atoms in total. The molecule has 1 amide bonds. The highest BCUT2D eigenvalue weighted by molar-refractivity contribution is 5.94. The van der Waals surface area contributed by atoms with E-state index >= 15 is 0 Å². The number of carbonyl (C=O) groups is 1. The summed E-state index contributed by atoms with van der Waals surface area (Å²) in [6.07, 6.45) is 6.90. The van der Waals surface area contributed by atoms with Crippen molar-refractivity contribution >= 4 is 5.91 Å². The Morgan fingerprint density at radius 2 is 1.81 bits per heavy atom. The summed E-state index contributed by atoms with van der Waals surface area (Å²) in [5.74, 6) is 2.71. The summed E-state index contributed by atoms with van der Waals surface area (Å²) in [5, 5.41) is 3.04. The number of nitrogens with zero attached hydrogens (tertiary/aromatic N) is 2. The van der Waals surface area contributed by atoms with Crippen LogP contribution in [0.5, 0.6) is 11.5 Å². The molecule has 0 radical (unpaired) electrons. The predicted molar refractivity (Wildman–Crippen MR) is 127 cm³/mol. The molecule has 174 valence electrons. The van der Waals surface area contributed by atoms with Crippen molar-refractivity contribution in [1.82, 2.24) is 15.2 Å². The molecule has 2 atom stereocenters. The first-order chi connectivity index (χ1) is 15.5. The van der Waals surface area contributed by atoms with Gasteiger partial charge in [-0.1, -0.05) is 13.8 Å². The lowest BCUT2D eigenvalue weighted by atomic mass is 9.92. The third kappa shape index (κ3) is 7.52. The van der Waals surface area contributed by atoms with Crippen LogP contribution in [0.4, 0.5) is 0 Å². The van der Waals surface area contributed by atoms with E-state index in [9.17, 15) is 4.79 Å². The fraction of sp³-hybridized carbons (Fsp3) is 0.538. The molecule has 3 rings (SSSR count). The normalized spacial score (nSPS) is 18.8. The van der Waals surface area contributed by atoms with Gasteiger partial charge in [0.1, 0.15) is 6.61 Å². The number of piperidine rings is 1. The minimum absolute atomic E-state index is 0.0770. The SMILES string of the molecule is CCOc1cc(C(=O)NCCCCN2CC(C)CC(C)C2)ccc1OCc1ccncc1. The van der Waals surface area contributed by atoms with Crippen molar-refractivity contribution < 1.29 is 14.3 Å². The second-order valence-corrected chi connectivity index (χ2v) is 8.91. The maximum absolute atomic E-state index is 12.6. The Morgan fingerprint density at radius 1 is 1.06 bits per heavy atom. The predicted octanol–water partition coefficient (Wildman–Crippen LogP) is 4.55. The summed E-state index contributed by atoms with van der Waals surface area (Å²) >= 11 is 0. The Balaban J connectivity index is 1.45. The van der Waals surface area contributed by atoms with Gasteiger partial charge in [0.15, 0.2) is 11.5 Å². The fourth-order valence-corrected chi connectivity index (χ4v) is 4.42. The molecule has 2 aromatic rings. The molecule has 1 aliphatic rings. The van der Waals surface area contributed by atoms with E-state index in [0.717, 1.165) is 36.8 Å². The Morgan fingerprint density at radius 3 is 2.53 bits per heavy atom. The van der Waals surface area contributed by atoms with Gasteiger partial charge >= 0.3 is 0 Å². The van der Waals surface area contributed by atoms with E-state index in [0.29, 0.717) is 36.8 Å². The van der Waals surface area contributed by atoms with Gasteiger partial charge in [0.05, 0.1) is 6.61 Å². The first kappa shape index (κ1) is 24.1. The molecule has 1 aromatic heterocycles. The van der Waals surface area contributed by atoms with E-state index < -0.39 is 0 Å². The lowest BCUT2D eigenvalue weighted by Crippen LogP contribution is -2.39. The van der Waals surface area contributed by atoms with E-state index in [2.05, 4.69) is 29.0 Å². The minimum Gasteiger partial charge on any atom is -0.490 e. The van der Waals surface area contributed by atoms with Crippen LogP contribution in [-0.4, -0.2) is 48.6 Å². The van der Waals surface area contributed by atoms with Crippen LogP contribution in [0.1, 0.15) is 56.0 Å². The van der Waals surface area contributed by atoms with Gasteiger partial charge in [-0.15, -0.1) is 0 Å². The summed E-state index contributed by atoms with van der Waals surface area (Å²) in [7, 11) is 0. The maximum Gasteiger partial charge on any atom is 0.251 e. The van der Waals surface area contributed by atoms with Gasteiger partial charge in [-0.2, -0.15) is 0 Å². The Hall–Kier alpha value is -2.60. The van der Waals surface area contributed by atoms with Gasteiger partial charge < -0.3 is 19.7 Å². The molecule has 0 bridgehead atoms. The molecule has 1 fully saturated rings. The molecule has 1 aromatic carbocycles. The Bertz CT molecular complexity index is 833. The average molecular weight is 440 g/mol. The van der Waals surface area contributed by atoms with Crippen molar-refractivity contribution in [2.24, 2.45) is 11.8 Å². The lowest BCUT2D eigenvalue weighted by molar-refractivity contribution is 0.0951. The average Bonchev–Trinajstić information content (AvgIpc) is 2.78. The second kappa shape index (κ2) is 12.4. The van der Waals surface area contributed by atoms with Crippen LogP contribution >= 0.6 is 0 Å². The third-order valence-corrected chi connectivity index (χ3v) is 5.78. The van der Waals surface area contributed by atoms with Gasteiger partial charge in [-0.05, 0) is 80.5 Å². The molecule has 32 heavy (non-hydrogen) atoms. The molecule has 6 heteroatoms. The monoisotopic (exact) mass is 439 g/mol. The third-order valence-electron chi connectivity index (χ3n) is 5.78. The van der Waals surface area contributed by atoms with Gasteiger partial charge in [-0.25, -0.2) is 0 Å². The number of rotatable bonds is 11. The molecular formula is C26H37N3O3. The first-order valence-electron chi connectivity index (χ1n) is 11.8. The van der Waals surface area contributed by atoms with Crippen LogP contribution in [0.3, 0.4) is 0 Å². The van der Waals surface area contributed by atoms with Gasteiger partial charge in [0, 0.05) is 37.6 Å². The molecule has 0 aliphatic carbocycles. The van der Waals surface area contributed by atoms with Crippen molar-refractivity contribution in [2.75, 3.05) is 32.8 Å². The molecule has 1 N–H and O–H groups in total. The summed E-state index contributed by atoms with van der Waals surface area (Å²) in [4.78, 5) is 19.2. The fourth-order valence-electron chi connectivity index (χ4n) is 4.42. The topological polar surface area (TPSA) is 63.7 Å². The van der Waals surface area contributed by atoms with Crippen molar-refractivity contribution in [1.29, 1.82) is 0 Å². The van der Waals surface area contributed by atoms with E-state index in [1.165, 1.54) is 19.5 Å². The number of amides is 1. The molecule has 2 unspecified atom stereocenters. The Labute approximate surface area is 192 Å². The number of nitrogens with one attached hydrogen (secondary N) is 1. The van der Waals surface area contributed by atoms with Gasteiger partial charge in [0.25, 0.3) is 5.91 Å². The highest BCUT2D eigenvalue weighted by atomic mass is 16.5. The molecular weight excluding hydrogens is 402 g/mol. The van der Waals surface area contributed by atoms with E-state index in [-0.39, 0.29) is 5.91 Å². The molecule has 1 aliphatic heterocycles. The molecule has 0 saturated carbocycles. The van der Waals surface area contributed by atoms with Crippen LogP contribution in [0.25, 0.3) is 0 Å². The molecule has 0 spiro atoms. The smallest absolute Gasteiger partial charge is 0.251 e. The molecule has 2 heterocycles. The van der Waals surface area contributed by atoms with Crippen LogP contribution in [-0.2, 0) is 6.61 Å². The number of pyridine rings is 1. The van der Waals surface area contributed by atoms with Gasteiger partial charge in [-0.3, -0.25) is 9.78 Å². The minimum atomic E-state index is -0.0770. The number of unbranched alkanes of at least 4 members (excludes halogenated alkanes) is 1. The summed E-state index contributed by atoms with van der Waals surface area (Å²) < 4.78 is 11.6. The summed E-state index contributed by atoms with van der Waals surface area (Å²) in [5.41, 5.74) is 1.61. The molecule has 1 saturated heterocycles. The number of likely N-dealkylation sites (tertiary alicyclic amines) is 1. The number of ether oxygens (including phenoxy) is 2. The van der Waals surface area contributed by atoms with Crippen molar-refractivity contribution in [3.63, 3.8) is 0 Å². The van der Waals surface area contributed by atoms with Crippen molar-refractivity contribution in [3.05, 3.63) is 53.9 Å². The lowest BCUT2D eigenvalue weighted by Gasteiger charge is -2.34. The zero-order valence-corrected chi connectivity index (χ0v) is 19.7. The number of hydrogen-bond donors (Lipinski definition) is 1. The van der Waals surface area contributed by atoms with E-state index in [1.54, 1.807) is 30.6 Å². The van der Waals surface area contributed by atoms with E-state index in [1.807, 2.05) is 19.1 Å².